The molecule has 19 heteroatoms. The van der Waals surface area contributed by atoms with Crippen LogP contribution in [0.5, 0.6) is 0 Å². The van der Waals surface area contributed by atoms with Crippen molar-refractivity contribution in [3.8, 4) is 0 Å². The Morgan fingerprint density at radius 3 is 0.817 bits per heavy atom. The van der Waals surface area contributed by atoms with Gasteiger partial charge in [0.15, 0.2) is 12.2 Å². The van der Waals surface area contributed by atoms with Gasteiger partial charge in [0.2, 0.25) is 0 Å². The average molecular weight is 1370 g/mol. The van der Waals surface area contributed by atoms with Crippen LogP contribution in [0.1, 0.15) is 382 Å². The first-order chi connectivity index (χ1) is 44.9. The first-order valence-electron chi connectivity index (χ1n) is 38.5. The number of esters is 4. The second-order valence-electron chi connectivity index (χ2n) is 27.4. The van der Waals surface area contributed by atoms with Gasteiger partial charge in [-0.2, -0.15) is 0 Å². The maximum Gasteiger partial charge on any atom is 0.472 e. The number of hydrogen-bond acceptors (Lipinski definition) is 15. The maximum atomic E-state index is 13.1. The second-order valence-corrected chi connectivity index (χ2v) is 30.3. The van der Waals surface area contributed by atoms with E-state index in [1.807, 2.05) is 0 Å². The molecular weight excluding hydrogens is 1220 g/mol. The molecule has 0 heterocycles. The highest BCUT2D eigenvalue weighted by Gasteiger charge is 2.30. The molecule has 0 rings (SSSR count). The Labute approximate surface area is 568 Å². The molecule has 552 valence electrons. The van der Waals surface area contributed by atoms with Crippen LogP contribution in [0.15, 0.2) is 0 Å². The Balaban J connectivity index is 5.26. The fourth-order valence-corrected chi connectivity index (χ4v) is 12.8. The summed E-state index contributed by atoms with van der Waals surface area (Å²) in [6, 6.07) is 0. The predicted octanol–water partition coefficient (Wildman–Crippen LogP) is 21.6. The van der Waals surface area contributed by atoms with E-state index in [2.05, 4.69) is 41.5 Å². The Kier molecular flexibility index (Phi) is 64.6. The van der Waals surface area contributed by atoms with Crippen LogP contribution >= 0.6 is 15.6 Å². The molecule has 0 spiro atoms. The first-order valence-corrected chi connectivity index (χ1v) is 41.5. The zero-order chi connectivity index (χ0) is 68.6. The summed E-state index contributed by atoms with van der Waals surface area (Å²) in [7, 11) is -9.91. The zero-order valence-corrected chi connectivity index (χ0v) is 62.3. The van der Waals surface area contributed by atoms with Crippen LogP contribution in [0.3, 0.4) is 0 Å². The lowest BCUT2D eigenvalue weighted by atomic mass is 9.99. The summed E-state index contributed by atoms with van der Waals surface area (Å²) in [4.78, 5) is 72.8. The highest BCUT2D eigenvalue weighted by molar-refractivity contribution is 7.47. The van der Waals surface area contributed by atoms with Crippen molar-refractivity contribution in [3.05, 3.63) is 0 Å². The number of phosphoric ester groups is 2. The van der Waals surface area contributed by atoms with Crippen molar-refractivity contribution in [1.29, 1.82) is 0 Å². The minimum absolute atomic E-state index is 0.105. The van der Waals surface area contributed by atoms with Crippen molar-refractivity contribution in [2.24, 2.45) is 11.8 Å². The van der Waals surface area contributed by atoms with Gasteiger partial charge in [0.05, 0.1) is 26.4 Å². The molecule has 0 aromatic carbocycles. The summed E-state index contributed by atoms with van der Waals surface area (Å²) in [5.41, 5.74) is 0. The van der Waals surface area contributed by atoms with Crippen molar-refractivity contribution in [1.82, 2.24) is 0 Å². The Morgan fingerprint density at radius 2 is 0.548 bits per heavy atom. The number of unbranched alkanes of at least 4 members (excludes halogenated alkanes) is 42. The molecule has 0 aromatic rings. The third kappa shape index (κ3) is 67.0. The van der Waals surface area contributed by atoms with Gasteiger partial charge in [-0.25, -0.2) is 9.13 Å². The molecule has 0 radical (unpaired) electrons. The normalized spacial score (nSPS) is 14.3. The third-order valence-electron chi connectivity index (χ3n) is 17.6. The molecule has 6 atom stereocenters. The number of aliphatic hydroxyl groups is 1. The smallest absolute Gasteiger partial charge is 0.462 e. The molecule has 0 aliphatic carbocycles. The van der Waals surface area contributed by atoms with Crippen LogP contribution in [0, 0.1) is 11.8 Å². The summed E-state index contributed by atoms with van der Waals surface area (Å²) in [5, 5.41) is 10.6. The summed E-state index contributed by atoms with van der Waals surface area (Å²) in [6.45, 7) is 9.58. The topological polar surface area (TPSA) is 237 Å². The van der Waals surface area contributed by atoms with Gasteiger partial charge in [0.25, 0.3) is 0 Å². The minimum Gasteiger partial charge on any atom is -0.462 e. The predicted molar refractivity (Wildman–Crippen MR) is 377 cm³/mol. The van der Waals surface area contributed by atoms with E-state index in [9.17, 15) is 43.2 Å². The van der Waals surface area contributed by atoms with E-state index in [0.717, 1.165) is 102 Å². The lowest BCUT2D eigenvalue weighted by Crippen LogP contribution is -2.30. The van der Waals surface area contributed by atoms with E-state index in [1.165, 1.54) is 199 Å². The molecule has 0 saturated heterocycles. The Bertz CT molecular complexity index is 1810. The number of aliphatic hydroxyl groups excluding tert-OH is 1. The Morgan fingerprint density at radius 1 is 0.312 bits per heavy atom. The van der Waals surface area contributed by atoms with E-state index >= 15 is 0 Å². The number of carbonyl (C=O) groups excluding carboxylic acids is 4. The number of ether oxygens (including phenoxy) is 4. The number of carbonyl (C=O) groups is 4. The molecule has 0 aliphatic rings. The van der Waals surface area contributed by atoms with E-state index < -0.39 is 97.5 Å². The largest absolute Gasteiger partial charge is 0.472 e. The van der Waals surface area contributed by atoms with Crippen LogP contribution in [0.2, 0.25) is 0 Å². The SMILES string of the molecule is CCCCCCCCCCCCCCCCCCC(=O)O[C@H](COC(=O)CCCCCCCCCCCCC(C)C)COP(=O)(O)OC[C@@H](O)COP(=O)(O)OC[C@@H](COC(=O)CCCCCCCCCCCCCC)OC(=O)CCCCCCCCCCC(C)CC. The standard InChI is InChI=1S/C74H144O17P2/c1-7-10-12-14-16-18-20-22-23-24-25-27-33-40-46-52-58-73(78)90-69(62-85-72(77)57-51-45-39-32-29-28-30-36-42-48-54-66(4)5)64-88-92(80,81)86-60-68(75)61-87-93(82,83)89-65-70(91-74(79)59-53-47-41-35-34-37-43-49-55-67(6)9-3)63-84-71(76)56-50-44-38-31-26-21-19-17-15-13-11-8-2/h66-70,75H,7-65H2,1-6H3,(H,80,81)(H,82,83)/t67?,68-,69-,70-/m1/s1. The highest BCUT2D eigenvalue weighted by atomic mass is 31.2. The van der Waals surface area contributed by atoms with Crippen molar-refractivity contribution >= 4 is 39.5 Å². The molecule has 93 heavy (non-hydrogen) atoms. The van der Waals surface area contributed by atoms with E-state index in [4.69, 9.17) is 37.0 Å². The zero-order valence-electron chi connectivity index (χ0n) is 60.6. The van der Waals surface area contributed by atoms with Gasteiger partial charge in [0, 0.05) is 25.7 Å². The summed E-state index contributed by atoms with van der Waals surface area (Å²) >= 11 is 0. The van der Waals surface area contributed by atoms with Gasteiger partial charge < -0.3 is 33.8 Å². The minimum atomic E-state index is -4.96. The second kappa shape index (κ2) is 66.0. The quantitative estimate of drug-likeness (QED) is 0.0222. The maximum absolute atomic E-state index is 13.1. The summed E-state index contributed by atoms with van der Waals surface area (Å²) in [6.07, 6.45) is 52.5. The highest BCUT2D eigenvalue weighted by Crippen LogP contribution is 2.45. The van der Waals surface area contributed by atoms with Gasteiger partial charge >= 0.3 is 39.5 Å². The van der Waals surface area contributed by atoms with Crippen molar-refractivity contribution < 1.29 is 80.2 Å². The van der Waals surface area contributed by atoms with Gasteiger partial charge in [-0.3, -0.25) is 37.3 Å². The molecular formula is C74H144O17P2. The van der Waals surface area contributed by atoms with Crippen LogP contribution in [0.25, 0.3) is 0 Å². The van der Waals surface area contributed by atoms with E-state index in [-0.39, 0.29) is 25.7 Å². The monoisotopic (exact) mass is 1370 g/mol. The van der Waals surface area contributed by atoms with Crippen molar-refractivity contribution in [3.63, 3.8) is 0 Å². The van der Waals surface area contributed by atoms with Gasteiger partial charge in [-0.1, -0.05) is 330 Å². The lowest BCUT2D eigenvalue weighted by molar-refractivity contribution is -0.161. The fourth-order valence-electron chi connectivity index (χ4n) is 11.3. The Hall–Kier alpha value is -1.94. The van der Waals surface area contributed by atoms with E-state index in [1.54, 1.807) is 0 Å². The number of hydrogen-bond donors (Lipinski definition) is 3. The average Bonchev–Trinajstić information content (AvgIpc) is 2.99. The fraction of sp³-hybridized carbons (Fsp3) is 0.946. The molecule has 0 aliphatic heterocycles. The van der Waals surface area contributed by atoms with E-state index in [0.29, 0.717) is 25.7 Å². The molecule has 0 fully saturated rings. The van der Waals surface area contributed by atoms with Gasteiger partial charge in [0.1, 0.15) is 19.3 Å². The van der Waals surface area contributed by atoms with Crippen molar-refractivity contribution in [2.45, 2.75) is 400 Å². The van der Waals surface area contributed by atoms with Gasteiger partial charge in [-0.05, 0) is 37.5 Å². The number of phosphoric acid groups is 2. The molecule has 0 saturated carbocycles. The summed E-state index contributed by atoms with van der Waals surface area (Å²) < 4.78 is 68.5. The van der Waals surface area contributed by atoms with Crippen LogP contribution in [-0.4, -0.2) is 96.7 Å². The van der Waals surface area contributed by atoms with Gasteiger partial charge in [-0.15, -0.1) is 0 Å². The molecule has 0 amide bonds. The molecule has 3 N–H and O–H groups in total. The van der Waals surface area contributed by atoms with Crippen LogP contribution < -0.4 is 0 Å². The van der Waals surface area contributed by atoms with Crippen LogP contribution in [0.4, 0.5) is 0 Å². The number of rotatable bonds is 73. The molecule has 17 nitrogen and oxygen atoms in total. The third-order valence-corrected chi connectivity index (χ3v) is 19.5. The first kappa shape index (κ1) is 91.1. The van der Waals surface area contributed by atoms with Crippen molar-refractivity contribution in [2.75, 3.05) is 39.6 Å². The molecule has 0 aromatic heterocycles. The summed E-state index contributed by atoms with van der Waals surface area (Å²) in [5.74, 6) is -0.589. The lowest BCUT2D eigenvalue weighted by Gasteiger charge is -2.21. The molecule has 0 bridgehead atoms. The van der Waals surface area contributed by atoms with Crippen LogP contribution in [-0.2, 0) is 65.4 Å². The molecule has 3 unspecified atom stereocenters.